The van der Waals surface area contributed by atoms with Gasteiger partial charge in [-0.3, -0.25) is 9.69 Å². The average molecular weight is 430 g/mol. The second-order valence-electron chi connectivity index (χ2n) is 6.91. The topological polar surface area (TPSA) is 56.6 Å². The van der Waals surface area contributed by atoms with Crippen LogP contribution in [0.15, 0.2) is 42.5 Å². The molecule has 1 aliphatic heterocycles. The van der Waals surface area contributed by atoms with Gasteiger partial charge in [-0.1, -0.05) is 23.7 Å². The molecule has 3 rings (SSSR count). The van der Waals surface area contributed by atoms with E-state index in [-0.39, 0.29) is 5.91 Å². The first-order valence-corrected chi connectivity index (χ1v) is 11.0. The maximum absolute atomic E-state index is 12.5. The van der Waals surface area contributed by atoms with Crippen LogP contribution in [0.3, 0.4) is 0 Å². The Hall–Kier alpha value is -2.20. The van der Waals surface area contributed by atoms with E-state index in [1.54, 1.807) is 18.9 Å². The van der Waals surface area contributed by atoms with E-state index in [0.29, 0.717) is 16.3 Å². The Balaban J connectivity index is 1.42. The molecule has 1 aliphatic rings. The number of nitriles is 1. The van der Waals surface area contributed by atoms with Gasteiger partial charge in [0.1, 0.15) is 5.75 Å². The Kier molecular flexibility index (Phi) is 7.82. The Morgan fingerprint density at radius 3 is 2.55 bits per heavy atom. The van der Waals surface area contributed by atoms with Gasteiger partial charge in [-0.25, -0.2) is 0 Å². The zero-order chi connectivity index (χ0) is 20.6. The van der Waals surface area contributed by atoms with Gasteiger partial charge >= 0.3 is 0 Å². The van der Waals surface area contributed by atoms with Crippen molar-refractivity contribution in [3.05, 3.63) is 64.2 Å². The van der Waals surface area contributed by atoms with Crippen LogP contribution in [0.4, 0.5) is 0 Å². The minimum atomic E-state index is 0.184. The molecule has 5 nitrogen and oxygen atoms in total. The summed E-state index contributed by atoms with van der Waals surface area (Å²) >= 11 is 7.73. The normalized spacial score (nSPS) is 14.4. The molecule has 0 aliphatic carbocycles. The number of halogens is 1. The van der Waals surface area contributed by atoms with E-state index in [1.807, 2.05) is 47.4 Å². The van der Waals surface area contributed by atoms with Crippen LogP contribution >= 0.6 is 23.4 Å². The third kappa shape index (κ3) is 6.14. The van der Waals surface area contributed by atoms with E-state index >= 15 is 0 Å². The van der Waals surface area contributed by atoms with Crippen molar-refractivity contribution in [1.82, 2.24) is 9.80 Å². The van der Waals surface area contributed by atoms with Gasteiger partial charge in [-0.05, 0) is 35.9 Å². The summed E-state index contributed by atoms with van der Waals surface area (Å²) in [4.78, 5) is 16.8. The molecule has 0 atom stereocenters. The van der Waals surface area contributed by atoms with E-state index in [2.05, 4.69) is 11.0 Å². The van der Waals surface area contributed by atoms with Crippen molar-refractivity contribution in [2.24, 2.45) is 0 Å². The molecule has 0 spiro atoms. The quantitative estimate of drug-likeness (QED) is 0.670. The lowest BCUT2D eigenvalue weighted by molar-refractivity contribution is -0.130. The number of carbonyl (C=O) groups excluding carboxylic acids is 1. The number of carbonyl (C=O) groups is 1. The maximum Gasteiger partial charge on any atom is 0.232 e. The molecule has 1 heterocycles. The molecule has 0 bridgehead atoms. The van der Waals surface area contributed by atoms with E-state index in [9.17, 15) is 4.79 Å². The number of benzene rings is 2. The number of amides is 1. The highest BCUT2D eigenvalue weighted by Gasteiger charge is 2.21. The molecule has 7 heteroatoms. The van der Waals surface area contributed by atoms with Crippen molar-refractivity contribution in [3.63, 3.8) is 0 Å². The summed E-state index contributed by atoms with van der Waals surface area (Å²) in [6, 6.07) is 15.3. The number of nitrogens with zero attached hydrogens (tertiary/aromatic N) is 3. The smallest absolute Gasteiger partial charge is 0.232 e. The number of piperazine rings is 1. The van der Waals surface area contributed by atoms with Gasteiger partial charge in [0, 0.05) is 49.1 Å². The van der Waals surface area contributed by atoms with Crippen LogP contribution in [0.1, 0.15) is 16.7 Å². The second-order valence-corrected chi connectivity index (χ2v) is 8.34. The lowest BCUT2D eigenvalue weighted by atomic mass is 10.1. The van der Waals surface area contributed by atoms with E-state index in [1.165, 1.54) is 0 Å². The molecule has 2 aromatic carbocycles. The fraction of sp³-hybridized carbons (Fsp3) is 0.364. The highest BCUT2D eigenvalue weighted by molar-refractivity contribution is 7.99. The summed E-state index contributed by atoms with van der Waals surface area (Å²) in [5, 5.41) is 9.54. The summed E-state index contributed by atoms with van der Waals surface area (Å²) in [5.41, 5.74) is 2.85. The highest BCUT2D eigenvalue weighted by atomic mass is 35.5. The van der Waals surface area contributed by atoms with E-state index in [0.717, 1.165) is 55.4 Å². The summed E-state index contributed by atoms with van der Waals surface area (Å²) in [7, 11) is 1.67. The molecule has 0 saturated carbocycles. The predicted molar refractivity (Wildman–Crippen MR) is 117 cm³/mol. The Labute approximate surface area is 181 Å². The molecule has 152 valence electrons. The van der Waals surface area contributed by atoms with Gasteiger partial charge in [-0.2, -0.15) is 5.26 Å². The van der Waals surface area contributed by atoms with Crippen molar-refractivity contribution in [2.45, 2.75) is 12.3 Å². The lowest BCUT2D eigenvalue weighted by Gasteiger charge is -2.35. The Morgan fingerprint density at radius 2 is 1.90 bits per heavy atom. The Bertz CT molecular complexity index is 875. The zero-order valence-electron chi connectivity index (χ0n) is 16.4. The van der Waals surface area contributed by atoms with Gasteiger partial charge in [0.2, 0.25) is 5.91 Å². The van der Waals surface area contributed by atoms with Gasteiger partial charge in [0.15, 0.2) is 0 Å². The van der Waals surface area contributed by atoms with Gasteiger partial charge in [-0.15, -0.1) is 11.8 Å². The zero-order valence-corrected chi connectivity index (χ0v) is 18.0. The standard InChI is InChI=1S/C22H24ClN3O2S/c1-28-21-7-6-20(23)12-19(21)14-25-8-10-26(11-9-25)22(27)16-29-15-18-4-2-17(13-24)3-5-18/h2-7,12H,8-11,14-16H2,1H3. The first-order valence-electron chi connectivity index (χ1n) is 9.48. The molecule has 0 aromatic heterocycles. The predicted octanol–water partition coefficient (Wildman–Crippen LogP) is 3.80. The fourth-order valence-corrected chi connectivity index (χ4v) is 4.37. The average Bonchev–Trinajstić information content (AvgIpc) is 2.75. The number of hydrogen-bond donors (Lipinski definition) is 0. The van der Waals surface area contributed by atoms with Crippen LogP contribution in [0, 0.1) is 11.3 Å². The third-order valence-electron chi connectivity index (χ3n) is 4.94. The lowest BCUT2D eigenvalue weighted by Crippen LogP contribution is -2.48. The van der Waals surface area contributed by atoms with Gasteiger partial charge in [0.25, 0.3) is 0 Å². The first kappa shape index (κ1) is 21.5. The van der Waals surface area contributed by atoms with Crippen molar-refractivity contribution in [3.8, 4) is 11.8 Å². The van der Waals surface area contributed by atoms with E-state index in [4.69, 9.17) is 21.6 Å². The van der Waals surface area contributed by atoms with Crippen molar-refractivity contribution in [2.75, 3.05) is 39.0 Å². The van der Waals surface area contributed by atoms with Crippen molar-refractivity contribution < 1.29 is 9.53 Å². The maximum atomic E-state index is 12.5. The number of methoxy groups -OCH3 is 1. The van der Waals surface area contributed by atoms with Crippen molar-refractivity contribution >= 4 is 29.3 Å². The molecule has 1 amide bonds. The van der Waals surface area contributed by atoms with Crippen LogP contribution < -0.4 is 4.74 Å². The Morgan fingerprint density at radius 1 is 1.17 bits per heavy atom. The van der Waals surface area contributed by atoms with Gasteiger partial charge < -0.3 is 9.64 Å². The largest absolute Gasteiger partial charge is 0.496 e. The summed E-state index contributed by atoms with van der Waals surface area (Å²) in [5.74, 6) is 2.27. The summed E-state index contributed by atoms with van der Waals surface area (Å²) < 4.78 is 5.43. The molecule has 2 aromatic rings. The molecule has 0 radical (unpaired) electrons. The molecule has 1 saturated heterocycles. The van der Waals surface area contributed by atoms with Crippen LogP contribution in [-0.2, 0) is 17.1 Å². The molecule has 0 unspecified atom stereocenters. The van der Waals surface area contributed by atoms with Crippen LogP contribution in [-0.4, -0.2) is 54.7 Å². The molecule has 29 heavy (non-hydrogen) atoms. The van der Waals surface area contributed by atoms with Crippen LogP contribution in [0.5, 0.6) is 5.75 Å². The number of rotatable bonds is 7. The molecular formula is C22H24ClN3O2S. The molecular weight excluding hydrogens is 406 g/mol. The van der Waals surface area contributed by atoms with Gasteiger partial charge in [0.05, 0.1) is 24.5 Å². The van der Waals surface area contributed by atoms with E-state index < -0.39 is 0 Å². The molecule has 0 N–H and O–H groups in total. The number of hydrogen-bond acceptors (Lipinski definition) is 5. The highest BCUT2D eigenvalue weighted by Crippen LogP contribution is 2.24. The summed E-state index contributed by atoms with van der Waals surface area (Å²) in [6.45, 7) is 3.90. The van der Waals surface area contributed by atoms with Crippen LogP contribution in [0.25, 0.3) is 0 Å². The number of ether oxygens (including phenoxy) is 1. The second kappa shape index (κ2) is 10.5. The minimum absolute atomic E-state index is 0.184. The fourth-order valence-electron chi connectivity index (χ4n) is 3.29. The third-order valence-corrected chi connectivity index (χ3v) is 6.16. The summed E-state index contributed by atoms with van der Waals surface area (Å²) in [6.07, 6.45) is 0. The first-order chi connectivity index (χ1) is 14.1. The molecule has 1 fully saturated rings. The monoisotopic (exact) mass is 429 g/mol. The van der Waals surface area contributed by atoms with Crippen molar-refractivity contribution in [1.29, 1.82) is 5.26 Å². The van der Waals surface area contributed by atoms with Crippen LogP contribution in [0.2, 0.25) is 5.02 Å². The minimum Gasteiger partial charge on any atom is -0.496 e. The SMILES string of the molecule is COc1ccc(Cl)cc1CN1CCN(C(=O)CSCc2ccc(C#N)cc2)CC1. The number of thioether (sulfide) groups is 1.